The fraction of sp³-hybridized carbons (Fsp3) is 0.455. The summed E-state index contributed by atoms with van der Waals surface area (Å²) in [5, 5.41) is 3.05. The van der Waals surface area contributed by atoms with Crippen LogP contribution in [0.5, 0.6) is 0 Å². The lowest BCUT2D eigenvalue weighted by Gasteiger charge is -2.31. The maximum atomic E-state index is 13.0. The minimum Gasteiger partial charge on any atom is -0.388 e. The third-order valence-electron chi connectivity index (χ3n) is 2.54. The summed E-state index contributed by atoms with van der Waals surface area (Å²) < 4.78 is 17.8. The van der Waals surface area contributed by atoms with Crippen molar-refractivity contribution in [1.29, 1.82) is 0 Å². The molecule has 15 heavy (non-hydrogen) atoms. The fourth-order valence-electron chi connectivity index (χ4n) is 1.68. The largest absolute Gasteiger partial charge is 0.388 e. The van der Waals surface area contributed by atoms with Crippen LogP contribution in [0.4, 0.5) is 15.8 Å². The van der Waals surface area contributed by atoms with Gasteiger partial charge in [0.05, 0.1) is 13.2 Å². The molecule has 0 spiro atoms. The molecule has 1 N–H and O–H groups in total. The Morgan fingerprint density at radius 2 is 2.13 bits per heavy atom. The Bertz CT molecular complexity index is 315. The fourth-order valence-corrected chi connectivity index (χ4v) is 1.68. The Morgan fingerprint density at radius 3 is 2.73 bits per heavy atom. The third-order valence-corrected chi connectivity index (χ3v) is 2.54. The number of nitrogens with one attached hydrogen (secondary N) is 1. The first-order chi connectivity index (χ1) is 7.29. The van der Waals surface area contributed by atoms with Crippen LogP contribution in [0.25, 0.3) is 0 Å². The van der Waals surface area contributed by atoms with E-state index in [1.807, 2.05) is 36.2 Å². The second-order valence-electron chi connectivity index (χ2n) is 3.52. The number of hydrogen-bond acceptors (Lipinski definition) is 3. The number of nitrogens with zero attached hydrogens (tertiary/aromatic N) is 1. The summed E-state index contributed by atoms with van der Waals surface area (Å²) in [5.74, 6) is 0. The van der Waals surface area contributed by atoms with Gasteiger partial charge in [-0.2, -0.15) is 0 Å². The van der Waals surface area contributed by atoms with Crippen LogP contribution in [0.15, 0.2) is 24.3 Å². The Balaban J connectivity index is 2.07. The zero-order valence-electron chi connectivity index (χ0n) is 8.74. The number of halogens is 1. The van der Waals surface area contributed by atoms with Crippen LogP contribution in [0.2, 0.25) is 0 Å². The zero-order chi connectivity index (χ0) is 10.7. The van der Waals surface area contributed by atoms with E-state index in [1.54, 1.807) is 0 Å². The molecule has 1 heterocycles. The number of rotatable bonds is 2. The van der Waals surface area contributed by atoms with Crippen molar-refractivity contribution in [1.82, 2.24) is 0 Å². The number of hydrogen-bond donors (Lipinski definition) is 1. The number of benzene rings is 1. The molecule has 2 rings (SSSR count). The highest BCUT2D eigenvalue weighted by molar-refractivity contribution is 5.55. The number of ether oxygens (including phenoxy) is 1. The lowest BCUT2D eigenvalue weighted by Crippen LogP contribution is -2.40. The lowest BCUT2D eigenvalue weighted by atomic mass is 10.2. The quantitative estimate of drug-likeness (QED) is 0.806. The topological polar surface area (TPSA) is 24.5 Å². The second-order valence-corrected chi connectivity index (χ2v) is 3.52. The SMILES string of the molecule is CNc1ccc(N2CCOC(F)C2)cc1. The van der Waals surface area contributed by atoms with Crippen molar-refractivity contribution in [2.75, 3.05) is 37.0 Å². The van der Waals surface area contributed by atoms with E-state index in [4.69, 9.17) is 4.74 Å². The van der Waals surface area contributed by atoms with E-state index in [-0.39, 0.29) is 0 Å². The normalized spacial score (nSPS) is 21.5. The highest BCUT2D eigenvalue weighted by Crippen LogP contribution is 2.20. The van der Waals surface area contributed by atoms with Crippen LogP contribution >= 0.6 is 0 Å². The van der Waals surface area contributed by atoms with Crippen molar-refractivity contribution in [3.05, 3.63) is 24.3 Å². The van der Waals surface area contributed by atoms with E-state index in [0.29, 0.717) is 13.2 Å². The minimum atomic E-state index is -1.16. The minimum absolute atomic E-state index is 0.318. The van der Waals surface area contributed by atoms with Gasteiger partial charge in [-0.3, -0.25) is 0 Å². The van der Waals surface area contributed by atoms with Crippen LogP contribution in [-0.2, 0) is 4.74 Å². The Morgan fingerprint density at radius 1 is 1.40 bits per heavy atom. The van der Waals surface area contributed by atoms with Crippen LogP contribution in [0.3, 0.4) is 0 Å². The monoisotopic (exact) mass is 210 g/mol. The van der Waals surface area contributed by atoms with Crippen molar-refractivity contribution < 1.29 is 9.13 Å². The van der Waals surface area contributed by atoms with Gasteiger partial charge in [-0.15, -0.1) is 0 Å². The van der Waals surface area contributed by atoms with E-state index in [1.165, 1.54) is 0 Å². The summed E-state index contributed by atoms with van der Waals surface area (Å²) >= 11 is 0. The average molecular weight is 210 g/mol. The van der Waals surface area contributed by atoms with E-state index in [2.05, 4.69) is 5.32 Å². The molecular formula is C11H15FN2O. The van der Waals surface area contributed by atoms with Crippen LogP contribution < -0.4 is 10.2 Å². The molecular weight excluding hydrogens is 195 g/mol. The number of alkyl halides is 1. The van der Waals surface area contributed by atoms with Crippen LogP contribution in [-0.4, -0.2) is 33.1 Å². The van der Waals surface area contributed by atoms with Crippen molar-refractivity contribution in [2.45, 2.75) is 6.36 Å². The Labute approximate surface area is 88.8 Å². The molecule has 1 aliphatic rings. The molecule has 1 aromatic rings. The highest BCUT2D eigenvalue weighted by atomic mass is 19.1. The van der Waals surface area contributed by atoms with Gasteiger partial charge in [-0.25, -0.2) is 4.39 Å². The summed E-state index contributed by atoms with van der Waals surface area (Å²) in [6.07, 6.45) is -1.16. The molecule has 1 atom stereocenters. The van der Waals surface area contributed by atoms with Crippen molar-refractivity contribution in [3.8, 4) is 0 Å². The smallest absolute Gasteiger partial charge is 0.216 e. The summed E-state index contributed by atoms with van der Waals surface area (Å²) in [4.78, 5) is 1.99. The van der Waals surface area contributed by atoms with Crippen molar-refractivity contribution in [2.24, 2.45) is 0 Å². The van der Waals surface area contributed by atoms with Gasteiger partial charge >= 0.3 is 0 Å². The van der Waals surface area contributed by atoms with Gasteiger partial charge in [0.2, 0.25) is 6.36 Å². The van der Waals surface area contributed by atoms with Gasteiger partial charge in [0, 0.05) is 25.0 Å². The summed E-state index contributed by atoms with van der Waals surface area (Å²) in [6, 6.07) is 7.95. The van der Waals surface area contributed by atoms with E-state index >= 15 is 0 Å². The molecule has 1 fully saturated rings. The first kappa shape index (κ1) is 10.2. The maximum Gasteiger partial charge on any atom is 0.216 e. The first-order valence-electron chi connectivity index (χ1n) is 5.08. The molecule has 4 heteroatoms. The van der Waals surface area contributed by atoms with Gasteiger partial charge in [0.25, 0.3) is 0 Å². The molecule has 0 aromatic heterocycles. The Kier molecular flexibility index (Phi) is 3.06. The summed E-state index contributed by atoms with van der Waals surface area (Å²) in [7, 11) is 1.88. The molecule has 0 saturated carbocycles. The van der Waals surface area contributed by atoms with Crippen molar-refractivity contribution >= 4 is 11.4 Å². The lowest BCUT2D eigenvalue weighted by molar-refractivity contribution is -0.0465. The van der Waals surface area contributed by atoms with E-state index in [0.717, 1.165) is 17.9 Å². The highest BCUT2D eigenvalue weighted by Gasteiger charge is 2.19. The molecule has 82 valence electrons. The van der Waals surface area contributed by atoms with Crippen LogP contribution in [0.1, 0.15) is 0 Å². The van der Waals surface area contributed by atoms with Gasteiger partial charge in [0.1, 0.15) is 0 Å². The summed E-state index contributed by atoms with van der Waals surface area (Å²) in [6.45, 7) is 1.52. The van der Waals surface area contributed by atoms with E-state index < -0.39 is 6.36 Å². The van der Waals surface area contributed by atoms with Gasteiger partial charge in [-0.05, 0) is 24.3 Å². The van der Waals surface area contributed by atoms with Crippen molar-refractivity contribution in [3.63, 3.8) is 0 Å². The molecule has 1 aliphatic heterocycles. The predicted octanol–water partition coefficient (Wildman–Crippen LogP) is 1.86. The number of anilines is 2. The molecule has 0 radical (unpaired) electrons. The number of morpholine rings is 1. The molecule has 3 nitrogen and oxygen atoms in total. The first-order valence-corrected chi connectivity index (χ1v) is 5.08. The molecule has 1 aromatic carbocycles. The molecule has 0 amide bonds. The molecule has 1 saturated heterocycles. The van der Waals surface area contributed by atoms with Crippen LogP contribution in [0, 0.1) is 0 Å². The average Bonchev–Trinajstić information content (AvgIpc) is 2.29. The zero-order valence-corrected chi connectivity index (χ0v) is 8.74. The molecule has 0 bridgehead atoms. The van der Waals surface area contributed by atoms with Gasteiger partial charge < -0.3 is 15.0 Å². The maximum absolute atomic E-state index is 13.0. The van der Waals surface area contributed by atoms with E-state index in [9.17, 15) is 4.39 Å². The summed E-state index contributed by atoms with van der Waals surface area (Å²) in [5.41, 5.74) is 2.10. The Hall–Kier alpha value is -1.29. The molecule has 1 unspecified atom stereocenters. The molecule has 0 aliphatic carbocycles. The predicted molar refractivity (Wildman–Crippen MR) is 59.0 cm³/mol. The second kappa shape index (κ2) is 4.49. The standard InChI is InChI=1S/C11H15FN2O/c1-13-9-2-4-10(5-3-9)14-6-7-15-11(12)8-14/h2-5,11,13H,6-8H2,1H3. The van der Waals surface area contributed by atoms with Gasteiger partial charge in [0.15, 0.2) is 0 Å². The third kappa shape index (κ3) is 2.39. The van der Waals surface area contributed by atoms with Gasteiger partial charge in [-0.1, -0.05) is 0 Å².